The Balaban J connectivity index is 2.23. The second-order valence-electron chi connectivity index (χ2n) is 4.00. The van der Waals surface area contributed by atoms with E-state index in [0.717, 1.165) is 0 Å². The smallest absolute Gasteiger partial charge is 0.170 e. The molecule has 2 nitrogen and oxygen atoms in total. The molecule has 0 saturated heterocycles. The molecule has 0 aliphatic rings. The first kappa shape index (κ1) is 11.1. The summed E-state index contributed by atoms with van der Waals surface area (Å²) in [5.41, 5.74) is 7.32. The van der Waals surface area contributed by atoms with Crippen molar-refractivity contribution in [3.8, 4) is 11.3 Å². The summed E-state index contributed by atoms with van der Waals surface area (Å²) in [5, 5.41) is 1.26. The van der Waals surface area contributed by atoms with Crippen molar-refractivity contribution >= 4 is 28.3 Å². The lowest BCUT2D eigenvalue weighted by atomic mass is 10.1. The summed E-state index contributed by atoms with van der Waals surface area (Å²) in [6, 6.07) is 11.7. The number of benzene rings is 2. The van der Waals surface area contributed by atoms with E-state index in [1.807, 2.05) is 0 Å². The van der Waals surface area contributed by atoms with Crippen LogP contribution in [0.5, 0.6) is 0 Å². The largest absolute Gasteiger partial charge is 0.453 e. The summed E-state index contributed by atoms with van der Waals surface area (Å²) in [5.74, 6) is 0.149. The zero-order chi connectivity index (χ0) is 12.7. The van der Waals surface area contributed by atoms with Crippen molar-refractivity contribution in [1.29, 1.82) is 0 Å². The SMILES string of the molecule is Nc1cc(Cl)ccc1-c1cc2cccc(F)c2o1. The minimum absolute atomic E-state index is 0.238. The van der Waals surface area contributed by atoms with Crippen LogP contribution in [0.2, 0.25) is 5.02 Å². The molecule has 0 aliphatic heterocycles. The van der Waals surface area contributed by atoms with Crippen molar-refractivity contribution in [2.24, 2.45) is 0 Å². The average molecular weight is 262 g/mol. The van der Waals surface area contributed by atoms with Gasteiger partial charge in [-0.25, -0.2) is 4.39 Å². The van der Waals surface area contributed by atoms with Crippen LogP contribution in [0.4, 0.5) is 10.1 Å². The molecule has 2 N–H and O–H groups in total. The summed E-state index contributed by atoms with van der Waals surface area (Å²) in [6.07, 6.45) is 0. The first-order chi connectivity index (χ1) is 8.65. The third-order valence-electron chi connectivity index (χ3n) is 2.78. The summed E-state index contributed by atoms with van der Waals surface area (Å²) in [6.45, 7) is 0. The predicted molar refractivity (Wildman–Crippen MR) is 71.0 cm³/mol. The topological polar surface area (TPSA) is 39.2 Å². The minimum atomic E-state index is -0.383. The first-order valence-electron chi connectivity index (χ1n) is 5.38. The van der Waals surface area contributed by atoms with Crippen molar-refractivity contribution in [3.05, 3.63) is 53.3 Å². The monoisotopic (exact) mass is 261 g/mol. The van der Waals surface area contributed by atoms with Crippen molar-refractivity contribution in [3.63, 3.8) is 0 Å². The van der Waals surface area contributed by atoms with Gasteiger partial charge in [0, 0.05) is 21.7 Å². The minimum Gasteiger partial charge on any atom is -0.453 e. The number of hydrogen-bond donors (Lipinski definition) is 1. The molecule has 0 radical (unpaired) electrons. The number of halogens is 2. The van der Waals surface area contributed by atoms with Crippen molar-refractivity contribution in [2.75, 3.05) is 5.73 Å². The molecule has 0 aliphatic carbocycles. The number of rotatable bonds is 1. The normalized spacial score (nSPS) is 11.0. The van der Waals surface area contributed by atoms with E-state index >= 15 is 0 Å². The molecule has 4 heteroatoms. The second kappa shape index (κ2) is 4.03. The molecule has 90 valence electrons. The van der Waals surface area contributed by atoms with Gasteiger partial charge in [0.05, 0.1) is 0 Å². The third-order valence-corrected chi connectivity index (χ3v) is 3.01. The van der Waals surface area contributed by atoms with Crippen molar-refractivity contribution < 1.29 is 8.81 Å². The number of anilines is 1. The Morgan fingerprint density at radius 2 is 1.94 bits per heavy atom. The summed E-state index contributed by atoms with van der Waals surface area (Å²) >= 11 is 5.84. The van der Waals surface area contributed by atoms with Gasteiger partial charge in [-0.05, 0) is 30.3 Å². The van der Waals surface area contributed by atoms with Crippen LogP contribution in [0, 0.1) is 5.82 Å². The van der Waals surface area contributed by atoms with E-state index in [2.05, 4.69) is 0 Å². The highest BCUT2D eigenvalue weighted by atomic mass is 35.5. The van der Waals surface area contributed by atoms with E-state index in [4.69, 9.17) is 21.8 Å². The number of nitrogen functional groups attached to an aromatic ring is 1. The Kier molecular flexibility index (Phi) is 2.49. The molecule has 3 aromatic rings. The van der Waals surface area contributed by atoms with Crippen LogP contribution in [0.3, 0.4) is 0 Å². The second-order valence-corrected chi connectivity index (χ2v) is 4.44. The van der Waals surface area contributed by atoms with Gasteiger partial charge in [0.25, 0.3) is 0 Å². The number of furan rings is 1. The molecule has 0 unspecified atom stereocenters. The summed E-state index contributed by atoms with van der Waals surface area (Å²) < 4.78 is 19.0. The van der Waals surface area contributed by atoms with Gasteiger partial charge in [-0.1, -0.05) is 23.7 Å². The molecule has 0 atom stereocenters. The number of nitrogens with two attached hydrogens (primary N) is 1. The molecule has 1 heterocycles. The Labute approximate surface area is 108 Å². The summed E-state index contributed by atoms with van der Waals surface area (Å²) in [7, 11) is 0. The zero-order valence-electron chi connectivity index (χ0n) is 9.28. The van der Waals surface area contributed by atoms with Crippen molar-refractivity contribution in [2.45, 2.75) is 0 Å². The maximum Gasteiger partial charge on any atom is 0.170 e. The number of hydrogen-bond acceptors (Lipinski definition) is 2. The maximum atomic E-state index is 13.5. The van der Waals surface area contributed by atoms with E-state index in [1.54, 1.807) is 36.4 Å². The highest BCUT2D eigenvalue weighted by molar-refractivity contribution is 6.31. The molecule has 0 fully saturated rings. The van der Waals surface area contributed by atoms with E-state index in [0.29, 0.717) is 27.4 Å². The Morgan fingerprint density at radius 1 is 1.11 bits per heavy atom. The van der Waals surface area contributed by atoms with Gasteiger partial charge in [0.15, 0.2) is 11.4 Å². The Bertz CT molecular complexity index is 736. The molecule has 0 bridgehead atoms. The third kappa shape index (κ3) is 1.73. The lowest BCUT2D eigenvalue weighted by Crippen LogP contribution is -1.88. The Morgan fingerprint density at radius 3 is 2.67 bits per heavy atom. The van der Waals surface area contributed by atoms with E-state index in [1.165, 1.54) is 6.07 Å². The fourth-order valence-corrected chi connectivity index (χ4v) is 2.10. The van der Waals surface area contributed by atoms with Gasteiger partial charge in [0.1, 0.15) is 5.76 Å². The molecule has 0 saturated carbocycles. The van der Waals surface area contributed by atoms with Gasteiger partial charge in [-0.2, -0.15) is 0 Å². The van der Waals surface area contributed by atoms with Crippen LogP contribution in [0.15, 0.2) is 46.9 Å². The average Bonchev–Trinajstić information content (AvgIpc) is 2.74. The lowest BCUT2D eigenvalue weighted by molar-refractivity contribution is 0.569. The van der Waals surface area contributed by atoms with Gasteiger partial charge < -0.3 is 10.2 Å². The molecule has 0 amide bonds. The van der Waals surface area contributed by atoms with Crippen LogP contribution in [0.1, 0.15) is 0 Å². The molecular formula is C14H9ClFNO. The summed E-state index contributed by atoms with van der Waals surface area (Å²) in [4.78, 5) is 0. The number of fused-ring (bicyclic) bond motifs is 1. The van der Waals surface area contributed by atoms with Crippen LogP contribution < -0.4 is 5.73 Å². The standard InChI is InChI=1S/C14H9ClFNO/c15-9-4-5-10(12(17)7-9)13-6-8-2-1-3-11(16)14(8)18-13/h1-7H,17H2. The molecular weight excluding hydrogens is 253 g/mol. The molecule has 3 rings (SSSR count). The van der Waals surface area contributed by atoms with Crippen LogP contribution in [0.25, 0.3) is 22.3 Å². The van der Waals surface area contributed by atoms with Crippen LogP contribution in [-0.4, -0.2) is 0 Å². The maximum absolute atomic E-state index is 13.5. The van der Waals surface area contributed by atoms with E-state index < -0.39 is 0 Å². The van der Waals surface area contributed by atoms with E-state index in [9.17, 15) is 4.39 Å². The quantitative estimate of drug-likeness (QED) is 0.656. The Hall–Kier alpha value is -2.00. The molecule has 18 heavy (non-hydrogen) atoms. The van der Waals surface area contributed by atoms with E-state index in [-0.39, 0.29) is 11.4 Å². The van der Waals surface area contributed by atoms with Crippen LogP contribution >= 0.6 is 11.6 Å². The lowest BCUT2D eigenvalue weighted by Gasteiger charge is -2.02. The highest BCUT2D eigenvalue weighted by Crippen LogP contribution is 2.33. The van der Waals surface area contributed by atoms with Crippen LogP contribution in [-0.2, 0) is 0 Å². The molecule has 0 spiro atoms. The number of para-hydroxylation sites is 1. The van der Waals surface area contributed by atoms with Crippen molar-refractivity contribution in [1.82, 2.24) is 0 Å². The van der Waals surface area contributed by atoms with Gasteiger partial charge in [0.2, 0.25) is 0 Å². The van der Waals surface area contributed by atoms with Gasteiger partial charge >= 0.3 is 0 Å². The molecule has 1 aromatic heterocycles. The fourth-order valence-electron chi connectivity index (χ4n) is 1.92. The molecule has 2 aromatic carbocycles. The van der Waals surface area contributed by atoms with Gasteiger partial charge in [-0.3, -0.25) is 0 Å². The first-order valence-corrected chi connectivity index (χ1v) is 5.76. The predicted octanol–water partition coefficient (Wildman–Crippen LogP) is 4.47. The van der Waals surface area contributed by atoms with Gasteiger partial charge in [-0.15, -0.1) is 0 Å². The zero-order valence-corrected chi connectivity index (χ0v) is 10.0. The fraction of sp³-hybridized carbons (Fsp3) is 0. The highest BCUT2D eigenvalue weighted by Gasteiger charge is 2.11.